The van der Waals surface area contributed by atoms with Gasteiger partial charge in [0.15, 0.2) is 0 Å². The fourth-order valence-electron chi connectivity index (χ4n) is 1.97. The summed E-state index contributed by atoms with van der Waals surface area (Å²) < 4.78 is 0.852. The van der Waals surface area contributed by atoms with Gasteiger partial charge < -0.3 is 4.90 Å². The van der Waals surface area contributed by atoms with E-state index >= 15 is 0 Å². The lowest BCUT2D eigenvalue weighted by Crippen LogP contribution is -2.36. The normalized spacial score (nSPS) is 10.7. The van der Waals surface area contributed by atoms with Crippen LogP contribution >= 0.6 is 27.5 Å². The van der Waals surface area contributed by atoms with Crippen LogP contribution in [-0.4, -0.2) is 21.8 Å². The molecular formula is C16H16BrClN2O. The second-order valence-electron chi connectivity index (χ2n) is 5.02. The molecule has 0 aliphatic carbocycles. The van der Waals surface area contributed by atoms with Crippen LogP contribution in [-0.2, 0) is 6.54 Å². The summed E-state index contributed by atoms with van der Waals surface area (Å²) in [5.74, 6) is -0.0857. The van der Waals surface area contributed by atoms with Crippen LogP contribution in [0.4, 0.5) is 0 Å². The minimum atomic E-state index is -0.0857. The quantitative estimate of drug-likeness (QED) is 0.794. The molecule has 1 aromatic heterocycles. The van der Waals surface area contributed by atoms with Crippen molar-refractivity contribution >= 4 is 33.4 Å². The van der Waals surface area contributed by atoms with Gasteiger partial charge in [0.2, 0.25) is 0 Å². The van der Waals surface area contributed by atoms with Crippen molar-refractivity contribution in [1.82, 2.24) is 9.88 Å². The highest BCUT2D eigenvalue weighted by molar-refractivity contribution is 9.10. The van der Waals surface area contributed by atoms with Crippen LogP contribution in [0.3, 0.4) is 0 Å². The van der Waals surface area contributed by atoms with Gasteiger partial charge in [0.25, 0.3) is 5.91 Å². The molecule has 2 aromatic rings. The molecule has 3 nitrogen and oxygen atoms in total. The van der Waals surface area contributed by atoms with Gasteiger partial charge in [0.1, 0.15) is 5.69 Å². The topological polar surface area (TPSA) is 33.2 Å². The van der Waals surface area contributed by atoms with Gasteiger partial charge in [-0.3, -0.25) is 4.79 Å². The van der Waals surface area contributed by atoms with E-state index in [9.17, 15) is 4.79 Å². The summed E-state index contributed by atoms with van der Waals surface area (Å²) in [6.45, 7) is 4.48. The van der Waals surface area contributed by atoms with Crippen molar-refractivity contribution in [2.75, 3.05) is 0 Å². The lowest BCUT2D eigenvalue weighted by atomic mass is 10.1. The Balaban J connectivity index is 2.22. The second-order valence-corrected chi connectivity index (χ2v) is 6.37. The number of pyridine rings is 1. The number of rotatable bonds is 4. The van der Waals surface area contributed by atoms with Crippen LogP contribution < -0.4 is 0 Å². The molecule has 5 heteroatoms. The van der Waals surface area contributed by atoms with Gasteiger partial charge in [0, 0.05) is 28.3 Å². The van der Waals surface area contributed by atoms with Crippen molar-refractivity contribution in [3.63, 3.8) is 0 Å². The highest BCUT2D eigenvalue weighted by Crippen LogP contribution is 2.16. The standard InChI is InChI=1S/C16H16BrClN2O/c1-11(2)20(10-12-4-3-5-14(18)8-12)16(21)15-7-6-13(17)9-19-15/h3-9,11H,10H2,1-2H3. The van der Waals surface area contributed by atoms with Crippen LogP contribution in [0.25, 0.3) is 0 Å². The molecule has 21 heavy (non-hydrogen) atoms. The largest absolute Gasteiger partial charge is 0.331 e. The molecule has 0 aliphatic rings. The molecule has 0 fully saturated rings. The minimum absolute atomic E-state index is 0.0712. The van der Waals surface area contributed by atoms with Gasteiger partial charge >= 0.3 is 0 Å². The van der Waals surface area contributed by atoms with E-state index < -0.39 is 0 Å². The van der Waals surface area contributed by atoms with Crippen LogP contribution in [0, 0.1) is 0 Å². The molecule has 1 aromatic carbocycles. The zero-order valence-electron chi connectivity index (χ0n) is 11.9. The van der Waals surface area contributed by atoms with Crippen molar-refractivity contribution in [2.45, 2.75) is 26.4 Å². The van der Waals surface area contributed by atoms with E-state index in [2.05, 4.69) is 20.9 Å². The Morgan fingerprint density at radius 1 is 1.33 bits per heavy atom. The summed E-state index contributed by atoms with van der Waals surface area (Å²) in [5, 5.41) is 0.672. The van der Waals surface area contributed by atoms with Crippen LogP contribution in [0.5, 0.6) is 0 Å². The van der Waals surface area contributed by atoms with E-state index in [1.807, 2.05) is 44.2 Å². The van der Waals surface area contributed by atoms with Crippen molar-refractivity contribution in [3.05, 3.63) is 63.3 Å². The monoisotopic (exact) mass is 366 g/mol. The van der Waals surface area contributed by atoms with E-state index in [1.54, 1.807) is 17.2 Å². The highest BCUT2D eigenvalue weighted by atomic mass is 79.9. The van der Waals surface area contributed by atoms with E-state index in [0.717, 1.165) is 10.0 Å². The zero-order valence-corrected chi connectivity index (χ0v) is 14.2. The lowest BCUT2D eigenvalue weighted by Gasteiger charge is -2.26. The van der Waals surface area contributed by atoms with Crippen LogP contribution in [0.1, 0.15) is 29.9 Å². The summed E-state index contributed by atoms with van der Waals surface area (Å²) in [6.07, 6.45) is 1.63. The third-order valence-corrected chi connectivity index (χ3v) is 3.78. The summed E-state index contributed by atoms with van der Waals surface area (Å²) >= 11 is 9.32. The maximum atomic E-state index is 12.6. The molecule has 0 spiro atoms. The van der Waals surface area contributed by atoms with Gasteiger partial charge in [-0.05, 0) is 59.6 Å². The van der Waals surface area contributed by atoms with E-state index in [1.165, 1.54) is 0 Å². The Kier molecular flexibility index (Phi) is 5.37. The summed E-state index contributed by atoms with van der Waals surface area (Å²) in [4.78, 5) is 18.6. The van der Waals surface area contributed by atoms with Crippen molar-refractivity contribution in [1.29, 1.82) is 0 Å². The Hall–Kier alpha value is -1.39. The molecule has 0 bridgehead atoms. The molecule has 0 radical (unpaired) electrons. The number of benzene rings is 1. The van der Waals surface area contributed by atoms with Gasteiger partial charge in [-0.25, -0.2) is 4.98 Å². The molecule has 0 atom stereocenters. The molecule has 0 unspecified atom stereocenters. The maximum Gasteiger partial charge on any atom is 0.272 e. The van der Waals surface area contributed by atoms with E-state index in [-0.39, 0.29) is 11.9 Å². The Morgan fingerprint density at radius 2 is 2.10 bits per heavy atom. The molecule has 0 saturated carbocycles. The maximum absolute atomic E-state index is 12.6. The Labute approximate surface area is 138 Å². The number of hydrogen-bond donors (Lipinski definition) is 0. The average Bonchev–Trinajstić information content (AvgIpc) is 2.44. The first-order chi connectivity index (χ1) is 9.97. The van der Waals surface area contributed by atoms with Crippen LogP contribution in [0.15, 0.2) is 47.1 Å². The molecule has 0 saturated heterocycles. The first-order valence-electron chi connectivity index (χ1n) is 6.64. The first-order valence-corrected chi connectivity index (χ1v) is 7.81. The molecule has 1 heterocycles. The van der Waals surface area contributed by atoms with Gasteiger partial charge in [-0.15, -0.1) is 0 Å². The number of carbonyl (C=O) groups is 1. The molecule has 2 rings (SSSR count). The molecular weight excluding hydrogens is 352 g/mol. The Morgan fingerprint density at radius 3 is 2.67 bits per heavy atom. The van der Waals surface area contributed by atoms with Crippen molar-refractivity contribution in [2.24, 2.45) is 0 Å². The smallest absolute Gasteiger partial charge is 0.272 e. The van der Waals surface area contributed by atoms with E-state index in [4.69, 9.17) is 11.6 Å². The van der Waals surface area contributed by atoms with E-state index in [0.29, 0.717) is 17.3 Å². The predicted octanol–water partition coefficient (Wildman–Crippen LogP) is 4.55. The van der Waals surface area contributed by atoms with Gasteiger partial charge in [0.05, 0.1) is 0 Å². The molecule has 110 valence electrons. The number of amides is 1. The van der Waals surface area contributed by atoms with Crippen LogP contribution in [0.2, 0.25) is 5.02 Å². The predicted molar refractivity (Wildman–Crippen MR) is 88.4 cm³/mol. The molecule has 0 N–H and O–H groups in total. The molecule has 1 amide bonds. The fourth-order valence-corrected chi connectivity index (χ4v) is 2.42. The number of hydrogen-bond acceptors (Lipinski definition) is 2. The van der Waals surface area contributed by atoms with Gasteiger partial charge in [-0.2, -0.15) is 0 Å². The number of aromatic nitrogens is 1. The fraction of sp³-hybridized carbons (Fsp3) is 0.250. The minimum Gasteiger partial charge on any atom is -0.331 e. The summed E-state index contributed by atoms with van der Waals surface area (Å²) in [5.41, 5.74) is 1.44. The number of nitrogens with zero attached hydrogens (tertiary/aromatic N) is 2. The second kappa shape index (κ2) is 7.05. The van der Waals surface area contributed by atoms with Crippen molar-refractivity contribution in [3.8, 4) is 0 Å². The zero-order chi connectivity index (χ0) is 15.4. The van der Waals surface area contributed by atoms with Crippen molar-refractivity contribution < 1.29 is 4.79 Å². The third-order valence-electron chi connectivity index (χ3n) is 3.07. The average molecular weight is 368 g/mol. The lowest BCUT2D eigenvalue weighted by molar-refractivity contribution is 0.0684. The number of halogens is 2. The number of carbonyl (C=O) groups excluding carboxylic acids is 1. The summed E-state index contributed by atoms with van der Waals surface area (Å²) in [7, 11) is 0. The first kappa shape index (κ1) is 16.0. The summed E-state index contributed by atoms with van der Waals surface area (Å²) in [6, 6.07) is 11.2. The third kappa shape index (κ3) is 4.29. The highest BCUT2D eigenvalue weighted by Gasteiger charge is 2.20. The Bertz CT molecular complexity index is 628. The van der Waals surface area contributed by atoms with Gasteiger partial charge in [-0.1, -0.05) is 23.7 Å². The SMILES string of the molecule is CC(C)N(Cc1cccc(Cl)c1)C(=O)c1ccc(Br)cn1. The molecule has 0 aliphatic heterocycles.